The van der Waals surface area contributed by atoms with Crippen LogP contribution >= 0.6 is 0 Å². The Kier molecular flexibility index (Phi) is 8.13. The van der Waals surface area contributed by atoms with Gasteiger partial charge in [0.2, 0.25) is 5.95 Å². The van der Waals surface area contributed by atoms with Crippen LogP contribution in [-0.4, -0.2) is 19.5 Å². The summed E-state index contributed by atoms with van der Waals surface area (Å²) in [5.74, 6) is 1.79. The van der Waals surface area contributed by atoms with E-state index in [-0.39, 0.29) is 0 Å². The highest BCUT2D eigenvalue weighted by Gasteiger charge is 2.22. The van der Waals surface area contributed by atoms with Crippen molar-refractivity contribution in [1.29, 1.82) is 0 Å². The van der Waals surface area contributed by atoms with E-state index in [4.69, 9.17) is 15.0 Å². The van der Waals surface area contributed by atoms with Gasteiger partial charge in [0.15, 0.2) is 11.6 Å². The number of aromatic nitrogens is 4. The Morgan fingerprint density at radius 2 is 0.721 bits per heavy atom. The van der Waals surface area contributed by atoms with Crippen molar-refractivity contribution in [1.82, 2.24) is 19.5 Å². The third kappa shape index (κ3) is 5.88. The second kappa shape index (κ2) is 14.3. The van der Waals surface area contributed by atoms with Gasteiger partial charge in [0.05, 0.1) is 11.0 Å². The molecule has 0 aliphatic heterocycles. The molecule has 61 heavy (non-hydrogen) atoms. The van der Waals surface area contributed by atoms with Crippen LogP contribution in [0.15, 0.2) is 218 Å². The molecule has 0 spiro atoms. The van der Waals surface area contributed by atoms with E-state index < -0.39 is 0 Å². The maximum atomic E-state index is 5.43. The molecule has 4 heteroatoms. The zero-order valence-corrected chi connectivity index (χ0v) is 33.1. The summed E-state index contributed by atoms with van der Waals surface area (Å²) in [6.45, 7) is 0. The number of para-hydroxylation sites is 2. The topological polar surface area (TPSA) is 43.6 Å². The SMILES string of the molecule is c1ccc(-c2cc(-c3ccccc3)cc(-c3cccc4c5ccccc5n(-c5nc(-c6ccccc6)nc(-c6ccc7c8ccccc8c8ccccc8c7c6)n5)c34)c2)cc1. The van der Waals surface area contributed by atoms with Crippen LogP contribution in [0, 0.1) is 0 Å². The van der Waals surface area contributed by atoms with Crippen LogP contribution in [0.25, 0.3) is 116 Å². The van der Waals surface area contributed by atoms with Crippen molar-refractivity contribution in [2.24, 2.45) is 0 Å². The molecule has 0 aliphatic carbocycles. The number of nitrogens with zero attached hydrogens (tertiary/aromatic N) is 4. The minimum absolute atomic E-state index is 0.563. The predicted octanol–water partition coefficient (Wildman–Crippen LogP) is 14.8. The third-order valence-electron chi connectivity index (χ3n) is 12.0. The van der Waals surface area contributed by atoms with E-state index in [1.807, 2.05) is 18.2 Å². The van der Waals surface area contributed by atoms with Crippen molar-refractivity contribution in [3.63, 3.8) is 0 Å². The number of hydrogen-bond donors (Lipinski definition) is 0. The lowest BCUT2D eigenvalue weighted by atomic mass is 9.92. The van der Waals surface area contributed by atoms with Gasteiger partial charge >= 0.3 is 0 Å². The fraction of sp³-hybridized carbons (Fsp3) is 0. The van der Waals surface area contributed by atoms with Gasteiger partial charge in [-0.25, -0.2) is 4.98 Å². The summed E-state index contributed by atoms with van der Waals surface area (Å²) < 4.78 is 2.25. The molecule has 0 fully saturated rings. The Labute approximate surface area is 352 Å². The van der Waals surface area contributed by atoms with Crippen LogP contribution in [0.4, 0.5) is 0 Å². The minimum atomic E-state index is 0.563. The van der Waals surface area contributed by atoms with Gasteiger partial charge < -0.3 is 0 Å². The van der Waals surface area contributed by atoms with Crippen LogP contribution in [0.1, 0.15) is 0 Å². The second-order valence-electron chi connectivity index (χ2n) is 15.6. The molecule has 0 amide bonds. The summed E-state index contributed by atoms with van der Waals surface area (Å²) in [6.07, 6.45) is 0. The van der Waals surface area contributed by atoms with Gasteiger partial charge in [-0.15, -0.1) is 0 Å². The molecular weight excluding hydrogens is 741 g/mol. The molecule has 0 saturated heterocycles. The van der Waals surface area contributed by atoms with E-state index in [2.05, 4.69) is 205 Å². The Morgan fingerprint density at radius 3 is 1.33 bits per heavy atom. The van der Waals surface area contributed by atoms with Gasteiger partial charge in [-0.3, -0.25) is 4.57 Å². The van der Waals surface area contributed by atoms with Crippen LogP contribution in [-0.2, 0) is 0 Å². The summed E-state index contributed by atoms with van der Waals surface area (Å²) in [5, 5.41) is 9.55. The number of fused-ring (bicyclic) bond motifs is 9. The van der Waals surface area contributed by atoms with Crippen molar-refractivity contribution in [2.45, 2.75) is 0 Å². The molecule has 0 radical (unpaired) electrons. The first-order valence-electron chi connectivity index (χ1n) is 20.7. The van der Waals surface area contributed by atoms with Gasteiger partial charge in [0.1, 0.15) is 0 Å². The molecule has 12 aromatic rings. The van der Waals surface area contributed by atoms with E-state index >= 15 is 0 Å². The van der Waals surface area contributed by atoms with Gasteiger partial charge in [-0.1, -0.05) is 188 Å². The second-order valence-corrected chi connectivity index (χ2v) is 15.6. The largest absolute Gasteiger partial charge is 0.277 e. The smallest absolute Gasteiger partial charge is 0.238 e. The van der Waals surface area contributed by atoms with Gasteiger partial charge in [-0.2, -0.15) is 9.97 Å². The minimum Gasteiger partial charge on any atom is -0.277 e. The average Bonchev–Trinajstić information content (AvgIpc) is 3.69. The Morgan fingerprint density at radius 1 is 0.262 bits per heavy atom. The van der Waals surface area contributed by atoms with E-state index in [0.29, 0.717) is 17.6 Å². The molecule has 0 bridgehead atoms. The quantitative estimate of drug-likeness (QED) is 0.158. The zero-order valence-electron chi connectivity index (χ0n) is 33.1. The highest BCUT2D eigenvalue weighted by atomic mass is 15.2. The lowest BCUT2D eigenvalue weighted by Crippen LogP contribution is -2.07. The van der Waals surface area contributed by atoms with Crippen molar-refractivity contribution in [3.05, 3.63) is 218 Å². The first-order valence-corrected chi connectivity index (χ1v) is 20.7. The van der Waals surface area contributed by atoms with Gasteiger partial charge in [-0.05, 0) is 90.5 Å². The molecule has 0 atom stereocenters. The highest BCUT2D eigenvalue weighted by Crippen LogP contribution is 2.42. The molecule has 284 valence electrons. The molecule has 2 heterocycles. The molecule has 0 N–H and O–H groups in total. The van der Waals surface area contributed by atoms with E-state index in [9.17, 15) is 0 Å². The lowest BCUT2D eigenvalue weighted by Gasteiger charge is -2.15. The number of rotatable bonds is 6. The standard InChI is InChI=1S/C57H36N4/c1-4-17-37(18-5-1)41-33-42(38-19-6-2-7-20-38)35-43(34-41)44-28-16-29-51-50-27-14-15-30-53(50)61(54(44)51)57-59-55(39-21-8-3-9-22-39)58-56(60-57)40-31-32-49-47-25-11-10-23-45(47)46-24-12-13-26-48(46)52(49)36-40/h1-36H. The highest BCUT2D eigenvalue weighted by molar-refractivity contribution is 6.25. The molecule has 12 rings (SSSR count). The van der Waals surface area contributed by atoms with Crippen molar-refractivity contribution in [3.8, 4) is 62.1 Å². The Balaban J connectivity index is 1.14. The molecule has 10 aromatic carbocycles. The van der Waals surface area contributed by atoms with Crippen LogP contribution in [0.2, 0.25) is 0 Å². The predicted molar refractivity (Wildman–Crippen MR) is 254 cm³/mol. The number of benzene rings is 10. The normalized spacial score (nSPS) is 11.6. The lowest BCUT2D eigenvalue weighted by molar-refractivity contribution is 0.954. The molecule has 4 nitrogen and oxygen atoms in total. The van der Waals surface area contributed by atoms with Crippen LogP contribution in [0.5, 0.6) is 0 Å². The monoisotopic (exact) mass is 776 g/mol. The zero-order chi connectivity index (χ0) is 40.3. The first-order chi connectivity index (χ1) is 30.2. The Bertz CT molecular complexity index is 3540. The number of hydrogen-bond acceptors (Lipinski definition) is 3. The summed E-state index contributed by atoms with van der Waals surface area (Å²) in [5.41, 5.74) is 10.8. The Hall–Kier alpha value is -8.21. The molecule has 0 saturated carbocycles. The fourth-order valence-electron chi connectivity index (χ4n) is 9.19. The molecule has 0 aliphatic rings. The summed E-state index contributed by atoms with van der Waals surface area (Å²) >= 11 is 0. The molecule has 2 aromatic heterocycles. The maximum absolute atomic E-state index is 5.43. The molecule has 0 unspecified atom stereocenters. The van der Waals surface area contributed by atoms with Gasteiger partial charge in [0, 0.05) is 27.5 Å². The first kappa shape index (κ1) is 34.8. The van der Waals surface area contributed by atoms with Crippen molar-refractivity contribution in [2.75, 3.05) is 0 Å². The average molecular weight is 777 g/mol. The van der Waals surface area contributed by atoms with E-state index in [1.165, 1.54) is 43.4 Å². The van der Waals surface area contributed by atoms with Crippen molar-refractivity contribution < 1.29 is 0 Å². The molecular formula is C57H36N4. The summed E-state index contributed by atoms with van der Waals surface area (Å²) in [6, 6.07) is 77.6. The van der Waals surface area contributed by atoms with Gasteiger partial charge in [0.25, 0.3) is 0 Å². The summed E-state index contributed by atoms with van der Waals surface area (Å²) in [7, 11) is 0. The van der Waals surface area contributed by atoms with Crippen LogP contribution < -0.4 is 0 Å². The van der Waals surface area contributed by atoms with E-state index in [0.717, 1.165) is 55.2 Å². The fourth-order valence-corrected chi connectivity index (χ4v) is 9.19. The van der Waals surface area contributed by atoms with Crippen molar-refractivity contribution >= 4 is 54.1 Å². The van der Waals surface area contributed by atoms with E-state index in [1.54, 1.807) is 0 Å². The van der Waals surface area contributed by atoms with Crippen LogP contribution in [0.3, 0.4) is 0 Å². The summed E-state index contributed by atoms with van der Waals surface area (Å²) in [4.78, 5) is 16.0. The third-order valence-corrected chi connectivity index (χ3v) is 12.0. The maximum Gasteiger partial charge on any atom is 0.238 e.